The van der Waals surface area contributed by atoms with Crippen LogP contribution in [-0.2, 0) is 11.2 Å². The minimum Gasteiger partial charge on any atom is -0.488 e. The van der Waals surface area contributed by atoms with Gasteiger partial charge in [-0.3, -0.25) is 4.79 Å². The maximum absolute atomic E-state index is 12.0. The Bertz CT molecular complexity index is 624. The Morgan fingerprint density at radius 1 is 1.22 bits per heavy atom. The number of hydrogen-bond donors (Lipinski definition) is 2. The predicted octanol–water partition coefficient (Wildman–Crippen LogP) is 3.61. The molecule has 3 rings (SSSR count). The average molecular weight is 331 g/mol. The van der Waals surface area contributed by atoms with Gasteiger partial charge in [0.25, 0.3) is 0 Å². The van der Waals surface area contributed by atoms with E-state index in [2.05, 4.69) is 5.32 Å². The van der Waals surface area contributed by atoms with Gasteiger partial charge in [-0.15, -0.1) is 11.3 Å². The van der Waals surface area contributed by atoms with Crippen molar-refractivity contribution in [1.82, 2.24) is 0 Å². The molecule has 2 unspecified atom stereocenters. The molecular formula is C18H21NO3S. The van der Waals surface area contributed by atoms with E-state index in [-0.39, 0.29) is 18.1 Å². The molecule has 0 spiro atoms. The van der Waals surface area contributed by atoms with Crippen LogP contribution in [0.3, 0.4) is 0 Å². The van der Waals surface area contributed by atoms with Gasteiger partial charge in [-0.05, 0) is 55.0 Å². The maximum atomic E-state index is 12.0. The molecule has 1 aromatic heterocycles. The topological polar surface area (TPSA) is 58.6 Å². The molecule has 4 nitrogen and oxygen atoms in total. The van der Waals surface area contributed by atoms with Crippen LogP contribution in [0.2, 0.25) is 0 Å². The van der Waals surface area contributed by atoms with Gasteiger partial charge in [0.1, 0.15) is 11.9 Å². The molecular weight excluding hydrogens is 310 g/mol. The van der Waals surface area contributed by atoms with Gasteiger partial charge in [0.05, 0.1) is 12.5 Å². The fourth-order valence-corrected chi connectivity index (χ4v) is 3.49. The number of carbonyl (C=O) groups is 1. The lowest BCUT2D eigenvalue weighted by Gasteiger charge is -2.28. The number of benzene rings is 1. The summed E-state index contributed by atoms with van der Waals surface area (Å²) < 4.78 is 5.85. The number of rotatable bonds is 5. The molecule has 2 N–H and O–H groups in total. The minimum atomic E-state index is -0.381. The summed E-state index contributed by atoms with van der Waals surface area (Å²) >= 11 is 1.58. The molecule has 0 aliphatic heterocycles. The number of aliphatic hydroxyl groups excluding tert-OH is 1. The van der Waals surface area contributed by atoms with E-state index in [0.29, 0.717) is 6.42 Å². The number of hydrogen-bond acceptors (Lipinski definition) is 4. The Kier molecular flexibility index (Phi) is 5.31. The molecule has 2 aromatic rings. The van der Waals surface area contributed by atoms with Crippen LogP contribution in [0.25, 0.3) is 0 Å². The van der Waals surface area contributed by atoms with E-state index < -0.39 is 0 Å². The third-order valence-corrected chi connectivity index (χ3v) is 4.88. The summed E-state index contributed by atoms with van der Waals surface area (Å²) in [5, 5.41) is 14.8. The fourth-order valence-electron chi connectivity index (χ4n) is 2.78. The molecule has 0 radical (unpaired) electrons. The largest absolute Gasteiger partial charge is 0.488 e. The van der Waals surface area contributed by atoms with E-state index in [1.54, 1.807) is 11.3 Å². The standard InChI is InChI=1S/C18H21NO3S/c20-16-5-1-2-6-17(16)22-14-9-7-13(8-10-14)19-18(21)12-15-4-3-11-23-15/h3-4,7-11,16-17,20H,1-2,5-6,12H2,(H,19,21). The van der Waals surface area contributed by atoms with Crippen LogP contribution in [0.4, 0.5) is 5.69 Å². The molecule has 0 saturated heterocycles. The normalized spacial score (nSPS) is 20.9. The summed E-state index contributed by atoms with van der Waals surface area (Å²) in [5.41, 5.74) is 0.753. The first-order chi connectivity index (χ1) is 11.2. The smallest absolute Gasteiger partial charge is 0.229 e. The molecule has 1 aliphatic rings. The lowest BCUT2D eigenvalue weighted by atomic mass is 9.95. The second-order valence-corrected chi connectivity index (χ2v) is 6.87. The third kappa shape index (κ3) is 4.56. The number of nitrogens with one attached hydrogen (secondary N) is 1. The summed E-state index contributed by atoms with van der Waals surface area (Å²) in [4.78, 5) is 13.0. The highest BCUT2D eigenvalue weighted by molar-refractivity contribution is 7.10. The van der Waals surface area contributed by atoms with Crippen LogP contribution in [0.1, 0.15) is 30.6 Å². The minimum absolute atomic E-state index is 0.0242. The van der Waals surface area contributed by atoms with Crippen LogP contribution >= 0.6 is 11.3 Å². The van der Waals surface area contributed by atoms with Crippen LogP contribution in [0.5, 0.6) is 5.75 Å². The summed E-state index contributed by atoms with van der Waals surface area (Å²) in [6.45, 7) is 0. The zero-order valence-corrected chi connectivity index (χ0v) is 13.7. The second-order valence-electron chi connectivity index (χ2n) is 5.84. The van der Waals surface area contributed by atoms with E-state index >= 15 is 0 Å². The Morgan fingerprint density at radius 2 is 2.00 bits per heavy atom. The van der Waals surface area contributed by atoms with E-state index in [1.807, 2.05) is 41.8 Å². The Labute approximate surface area is 140 Å². The van der Waals surface area contributed by atoms with Crippen molar-refractivity contribution in [2.24, 2.45) is 0 Å². The monoisotopic (exact) mass is 331 g/mol. The number of amides is 1. The summed E-state index contributed by atoms with van der Waals surface area (Å²) in [7, 11) is 0. The number of carbonyl (C=O) groups excluding carboxylic acids is 1. The lowest BCUT2D eigenvalue weighted by Crippen LogP contribution is -2.34. The Morgan fingerprint density at radius 3 is 2.70 bits per heavy atom. The van der Waals surface area contributed by atoms with Gasteiger partial charge in [-0.1, -0.05) is 12.5 Å². The SMILES string of the molecule is O=C(Cc1cccs1)Nc1ccc(OC2CCCCC2O)cc1. The Hall–Kier alpha value is -1.85. The second kappa shape index (κ2) is 7.62. The van der Waals surface area contributed by atoms with Gasteiger partial charge in [0.15, 0.2) is 0 Å². The van der Waals surface area contributed by atoms with Gasteiger partial charge < -0.3 is 15.2 Å². The molecule has 1 fully saturated rings. The molecule has 1 amide bonds. The van der Waals surface area contributed by atoms with Crippen LogP contribution in [-0.4, -0.2) is 23.2 Å². The zero-order valence-electron chi connectivity index (χ0n) is 12.9. The van der Waals surface area contributed by atoms with Crippen molar-refractivity contribution in [3.63, 3.8) is 0 Å². The molecule has 0 bridgehead atoms. The lowest BCUT2D eigenvalue weighted by molar-refractivity contribution is -0.115. The number of ether oxygens (including phenoxy) is 1. The van der Waals surface area contributed by atoms with Crippen LogP contribution in [0, 0.1) is 0 Å². The molecule has 1 heterocycles. The molecule has 23 heavy (non-hydrogen) atoms. The van der Waals surface area contributed by atoms with E-state index in [1.165, 1.54) is 0 Å². The summed E-state index contributed by atoms with van der Waals surface area (Å²) in [6.07, 6.45) is 3.75. The molecule has 1 aliphatic carbocycles. The van der Waals surface area contributed by atoms with Gasteiger partial charge >= 0.3 is 0 Å². The summed E-state index contributed by atoms with van der Waals surface area (Å²) in [5.74, 6) is 0.705. The van der Waals surface area contributed by atoms with Crippen LogP contribution in [0.15, 0.2) is 41.8 Å². The van der Waals surface area contributed by atoms with Crippen molar-refractivity contribution in [1.29, 1.82) is 0 Å². The first-order valence-corrected chi connectivity index (χ1v) is 8.86. The van der Waals surface area contributed by atoms with Crippen molar-refractivity contribution < 1.29 is 14.6 Å². The van der Waals surface area contributed by atoms with Crippen molar-refractivity contribution in [2.45, 2.75) is 44.3 Å². The Balaban J connectivity index is 1.53. The quantitative estimate of drug-likeness (QED) is 0.880. The molecule has 122 valence electrons. The first-order valence-electron chi connectivity index (χ1n) is 7.98. The maximum Gasteiger partial charge on any atom is 0.229 e. The van der Waals surface area contributed by atoms with Gasteiger partial charge in [0.2, 0.25) is 5.91 Å². The number of aliphatic hydroxyl groups is 1. The summed E-state index contributed by atoms with van der Waals surface area (Å²) in [6, 6.07) is 11.2. The van der Waals surface area contributed by atoms with Gasteiger partial charge in [0, 0.05) is 10.6 Å². The molecule has 1 aromatic carbocycles. The first kappa shape index (κ1) is 16.0. The average Bonchev–Trinajstić information content (AvgIpc) is 3.04. The molecule has 2 atom stereocenters. The van der Waals surface area contributed by atoms with Crippen molar-refractivity contribution in [3.8, 4) is 5.75 Å². The van der Waals surface area contributed by atoms with E-state index in [9.17, 15) is 9.90 Å². The molecule has 5 heteroatoms. The highest BCUT2D eigenvalue weighted by Gasteiger charge is 2.24. The van der Waals surface area contributed by atoms with Crippen LogP contribution < -0.4 is 10.1 Å². The van der Waals surface area contributed by atoms with Gasteiger partial charge in [-0.2, -0.15) is 0 Å². The number of thiophene rings is 1. The van der Waals surface area contributed by atoms with E-state index in [0.717, 1.165) is 42.0 Å². The van der Waals surface area contributed by atoms with Gasteiger partial charge in [-0.25, -0.2) is 0 Å². The number of anilines is 1. The highest BCUT2D eigenvalue weighted by Crippen LogP contribution is 2.25. The third-order valence-electron chi connectivity index (χ3n) is 4.01. The van der Waals surface area contributed by atoms with Crippen molar-refractivity contribution in [3.05, 3.63) is 46.7 Å². The predicted molar refractivity (Wildman–Crippen MR) is 92.0 cm³/mol. The molecule has 1 saturated carbocycles. The highest BCUT2D eigenvalue weighted by atomic mass is 32.1. The fraction of sp³-hybridized carbons (Fsp3) is 0.389. The zero-order chi connectivity index (χ0) is 16.1. The van der Waals surface area contributed by atoms with Crippen molar-refractivity contribution >= 4 is 22.9 Å². The van der Waals surface area contributed by atoms with Crippen molar-refractivity contribution in [2.75, 3.05) is 5.32 Å². The van der Waals surface area contributed by atoms with E-state index in [4.69, 9.17) is 4.74 Å².